The molecule has 4 rings (SSSR count). The summed E-state index contributed by atoms with van der Waals surface area (Å²) in [5.41, 5.74) is 4.06. The third kappa shape index (κ3) is 5.99. The molecule has 0 spiro atoms. The first-order valence-electron chi connectivity index (χ1n) is 16.4. The number of nitrogens with two attached hydrogens (primary N) is 1. The Morgan fingerprint density at radius 1 is 1.02 bits per heavy atom. The normalized spacial score (nSPS) is 24.7. The number of likely N-dealkylation sites (N-methyl/N-ethyl adjacent to an activating group) is 1. The van der Waals surface area contributed by atoms with Crippen LogP contribution in [0.5, 0.6) is 5.75 Å². The molecule has 6 N–H and O–H groups in total. The lowest BCUT2D eigenvalue weighted by Crippen LogP contribution is -2.63. The molecule has 0 saturated carbocycles. The van der Waals surface area contributed by atoms with E-state index < -0.39 is 58.0 Å². The van der Waals surface area contributed by atoms with Crippen LogP contribution in [-0.4, -0.2) is 82.6 Å². The third-order valence-electron chi connectivity index (χ3n) is 10.2. The minimum absolute atomic E-state index is 0.0675. The molecule has 0 aliphatic heterocycles. The molecule has 45 heavy (non-hydrogen) atoms. The Bertz CT molecular complexity index is 1400. The van der Waals surface area contributed by atoms with Crippen molar-refractivity contribution in [1.82, 2.24) is 4.90 Å². The van der Waals surface area contributed by atoms with E-state index in [-0.39, 0.29) is 29.7 Å². The van der Waals surface area contributed by atoms with Crippen molar-refractivity contribution in [2.45, 2.75) is 96.1 Å². The number of amides is 1. The van der Waals surface area contributed by atoms with Crippen molar-refractivity contribution in [2.75, 3.05) is 33.1 Å². The van der Waals surface area contributed by atoms with Crippen LogP contribution < -0.4 is 10.6 Å². The summed E-state index contributed by atoms with van der Waals surface area (Å²) in [5, 5.41) is 46.3. The van der Waals surface area contributed by atoms with E-state index in [0.717, 1.165) is 57.1 Å². The molecule has 4 atom stereocenters. The van der Waals surface area contributed by atoms with Gasteiger partial charge in [-0.2, -0.15) is 0 Å². The number of aliphatic hydroxyl groups is 3. The lowest BCUT2D eigenvalue weighted by Gasteiger charge is -2.50. The van der Waals surface area contributed by atoms with E-state index in [1.165, 1.54) is 0 Å². The van der Waals surface area contributed by atoms with Crippen LogP contribution in [0.4, 0.5) is 5.69 Å². The SMILES string of the molecule is CCCCCC(CCCCC)Cc1cc(N(C)C)c2c(c1O)C(=O)C1=C(O)[C@]3(O)C(=O)C(C(N)=O)=C(O)[C@@H](N(C)C)[C@@H]3C[C@@H]1C2. The highest BCUT2D eigenvalue weighted by molar-refractivity contribution is 6.25. The topological polar surface area (TPSA) is 165 Å². The minimum Gasteiger partial charge on any atom is -0.510 e. The van der Waals surface area contributed by atoms with Gasteiger partial charge in [-0.3, -0.25) is 19.3 Å². The molecule has 1 aromatic rings. The summed E-state index contributed by atoms with van der Waals surface area (Å²) in [6.45, 7) is 4.35. The number of unbranched alkanes of at least 4 members (excludes halogenated alkanes) is 4. The maximum Gasteiger partial charge on any atom is 0.255 e. The number of phenols is 1. The molecule has 0 heterocycles. The van der Waals surface area contributed by atoms with Crippen LogP contribution >= 0.6 is 0 Å². The zero-order chi connectivity index (χ0) is 33.4. The Hall–Kier alpha value is -3.37. The van der Waals surface area contributed by atoms with Gasteiger partial charge in [-0.15, -0.1) is 0 Å². The number of hydrogen-bond donors (Lipinski definition) is 5. The summed E-state index contributed by atoms with van der Waals surface area (Å²) in [4.78, 5) is 43.7. The van der Waals surface area contributed by atoms with Crippen molar-refractivity contribution in [3.8, 4) is 5.75 Å². The predicted molar refractivity (Wildman–Crippen MR) is 173 cm³/mol. The standard InChI is InChI=1S/C35H51N3O7/c1-7-9-11-13-19(14-12-10-8-2)15-21-18-24(37(3)4)22-16-20-17-23-28(38(5)6)31(41)27(34(36)44)33(43)35(23,45)32(42)25(20)30(40)26(22)29(21)39/h18-20,23,28,39,41-42,45H,7-17H2,1-6H3,(H2,36,44)/t20-,23-,28-,35-/m0/s1. The maximum atomic E-state index is 14.4. The number of anilines is 1. The number of nitrogens with zero attached hydrogens (tertiary/aromatic N) is 2. The van der Waals surface area contributed by atoms with Gasteiger partial charge in [0.2, 0.25) is 5.78 Å². The number of primary amides is 1. The van der Waals surface area contributed by atoms with Gasteiger partial charge < -0.3 is 31.1 Å². The Labute approximate surface area is 266 Å². The molecule has 0 radical (unpaired) electrons. The van der Waals surface area contributed by atoms with Crippen molar-refractivity contribution < 1.29 is 34.8 Å². The fourth-order valence-electron chi connectivity index (χ4n) is 7.93. The molecule has 10 nitrogen and oxygen atoms in total. The van der Waals surface area contributed by atoms with Gasteiger partial charge in [0.05, 0.1) is 11.6 Å². The number of ketones is 2. The van der Waals surface area contributed by atoms with Gasteiger partial charge in [-0.05, 0) is 62.4 Å². The maximum absolute atomic E-state index is 14.4. The van der Waals surface area contributed by atoms with E-state index in [0.29, 0.717) is 23.5 Å². The predicted octanol–water partition coefficient (Wildman–Crippen LogP) is 4.51. The van der Waals surface area contributed by atoms with Crippen molar-refractivity contribution in [3.05, 3.63) is 45.4 Å². The molecule has 1 amide bonds. The molecule has 3 aliphatic rings. The summed E-state index contributed by atoms with van der Waals surface area (Å²) in [7, 11) is 7.02. The Morgan fingerprint density at radius 3 is 2.13 bits per heavy atom. The summed E-state index contributed by atoms with van der Waals surface area (Å²) in [5.74, 6) is -5.95. The van der Waals surface area contributed by atoms with Crippen LogP contribution in [0.25, 0.3) is 0 Å². The van der Waals surface area contributed by atoms with Crippen molar-refractivity contribution in [3.63, 3.8) is 0 Å². The van der Waals surface area contributed by atoms with E-state index >= 15 is 0 Å². The zero-order valence-electron chi connectivity index (χ0n) is 27.7. The van der Waals surface area contributed by atoms with Gasteiger partial charge in [0, 0.05) is 31.3 Å². The molecule has 0 bridgehead atoms. The van der Waals surface area contributed by atoms with Gasteiger partial charge in [0.25, 0.3) is 5.91 Å². The van der Waals surface area contributed by atoms with Crippen LogP contribution in [0.1, 0.15) is 93.1 Å². The monoisotopic (exact) mass is 625 g/mol. The lowest BCUT2D eigenvalue weighted by atomic mass is 9.58. The van der Waals surface area contributed by atoms with Gasteiger partial charge in [-0.1, -0.05) is 65.2 Å². The third-order valence-corrected chi connectivity index (χ3v) is 10.2. The molecule has 0 unspecified atom stereocenters. The molecule has 3 aliphatic carbocycles. The molecule has 0 saturated heterocycles. The number of aliphatic hydroxyl groups excluding tert-OH is 2. The second kappa shape index (κ2) is 13.5. The molecule has 1 aromatic carbocycles. The van der Waals surface area contributed by atoms with Crippen molar-refractivity contribution in [2.24, 2.45) is 23.5 Å². The number of allylic oxidation sites excluding steroid dienone is 1. The number of carbonyl (C=O) groups excluding carboxylic acids is 3. The highest BCUT2D eigenvalue weighted by Crippen LogP contribution is 2.53. The van der Waals surface area contributed by atoms with E-state index in [1.807, 2.05) is 25.1 Å². The van der Waals surface area contributed by atoms with Gasteiger partial charge in [-0.25, -0.2) is 0 Å². The second-order valence-corrected chi connectivity index (χ2v) is 13.7. The number of aromatic hydroxyl groups is 1. The molecular weight excluding hydrogens is 574 g/mol. The number of rotatable bonds is 13. The van der Waals surface area contributed by atoms with Crippen LogP contribution in [0.15, 0.2) is 28.7 Å². The summed E-state index contributed by atoms with van der Waals surface area (Å²) >= 11 is 0. The number of phenolic OH excluding ortho intramolecular Hbond substituents is 1. The first-order chi connectivity index (χ1) is 21.2. The average molecular weight is 626 g/mol. The average Bonchev–Trinajstić information content (AvgIpc) is 2.95. The highest BCUT2D eigenvalue weighted by atomic mass is 16.3. The zero-order valence-corrected chi connectivity index (χ0v) is 27.7. The molecule has 0 aromatic heterocycles. The number of carbonyl (C=O) groups is 3. The minimum atomic E-state index is -2.65. The van der Waals surface area contributed by atoms with E-state index in [9.17, 15) is 34.8 Å². The molecule has 10 heteroatoms. The van der Waals surface area contributed by atoms with E-state index in [2.05, 4.69) is 13.8 Å². The fourth-order valence-corrected chi connectivity index (χ4v) is 7.93. The number of hydrogen-bond acceptors (Lipinski definition) is 9. The molecule has 248 valence electrons. The van der Waals surface area contributed by atoms with E-state index in [1.54, 1.807) is 19.0 Å². The van der Waals surface area contributed by atoms with E-state index in [4.69, 9.17) is 5.73 Å². The number of Topliss-reactive ketones (excluding diaryl/α,β-unsaturated/α-hetero) is 2. The van der Waals surface area contributed by atoms with Crippen LogP contribution in [-0.2, 0) is 22.4 Å². The van der Waals surface area contributed by atoms with Gasteiger partial charge >= 0.3 is 0 Å². The Morgan fingerprint density at radius 2 is 1.62 bits per heavy atom. The lowest BCUT2D eigenvalue weighted by molar-refractivity contribution is -0.148. The summed E-state index contributed by atoms with van der Waals surface area (Å²) < 4.78 is 0. The fraction of sp³-hybridized carbons (Fsp3) is 0.629. The van der Waals surface area contributed by atoms with Crippen LogP contribution in [0.2, 0.25) is 0 Å². The summed E-state index contributed by atoms with van der Waals surface area (Å²) in [6.07, 6.45) is 9.70. The number of benzene rings is 1. The quantitative estimate of drug-likeness (QED) is 0.157. The largest absolute Gasteiger partial charge is 0.510 e. The van der Waals surface area contributed by atoms with Crippen LogP contribution in [0, 0.1) is 17.8 Å². The van der Waals surface area contributed by atoms with Gasteiger partial charge in [0.1, 0.15) is 22.8 Å². The van der Waals surface area contributed by atoms with Crippen molar-refractivity contribution in [1.29, 1.82) is 0 Å². The van der Waals surface area contributed by atoms with Gasteiger partial charge in [0.15, 0.2) is 11.4 Å². The second-order valence-electron chi connectivity index (χ2n) is 13.7. The Balaban J connectivity index is 1.84. The first-order valence-corrected chi connectivity index (χ1v) is 16.4. The smallest absolute Gasteiger partial charge is 0.255 e. The first kappa shape index (κ1) is 34.5. The highest BCUT2D eigenvalue weighted by Gasteiger charge is 2.63. The molecular formula is C35H51N3O7. The Kier molecular flexibility index (Phi) is 10.4. The molecule has 0 fully saturated rings. The van der Waals surface area contributed by atoms with Crippen LogP contribution in [0.3, 0.4) is 0 Å². The summed E-state index contributed by atoms with van der Waals surface area (Å²) in [6, 6.07) is 0.958. The number of fused-ring (bicyclic) bond motifs is 3. The van der Waals surface area contributed by atoms with Crippen molar-refractivity contribution >= 4 is 23.2 Å².